The average Bonchev–Trinajstić information content (AvgIpc) is 2.09. The first-order valence-corrected chi connectivity index (χ1v) is 3.88. The van der Waals surface area contributed by atoms with Crippen molar-refractivity contribution in [2.45, 2.75) is 13.8 Å². The van der Waals surface area contributed by atoms with E-state index in [4.69, 9.17) is 0 Å². The van der Waals surface area contributed by atoms with Gasteiger partial charge in [0.2, 0.25) is 0 Å². The van der Waals surface area contributed by atoms with Crippen LogP contribution in [0.2, 0.25) is 0 Å². The van der Waals surface area contributed by atoms with Crippen molar-refractivity contribution in [2.75, 3.05) is 5.32 Å². The van der Waals surface area contributed by atoms with Gasteiger partial charge in [-0.2, -0.15) is 5.90 Å². The Kier molecular flexibility index (Phi) is 2.87. The zero-order chi connectivity index (χ0) is 9.84. The minimum absolute atomic E-state index is 0.660. The molecule has 0 aromatic heterocycles. The van der Waals surface area contributed by atoms with E-state index in [0.717, 1.165) is 11.1 Å². The van der Waals surface area contributed by atoms with Gasteiger partial charge in [-0.15, -0.1) is 0 Å². The maximum Gasteiger partial charge on any atom is 0.430 e. The van der Waals surface area contributed by atoms with E-state index in [1.54, 1.807) is 0 Å². The molecule has 0 unspecified atom stereocenters. The summed E-state index contributed by atoms with van der Waals surface area (Å²) in [5, 5.41) is 2.50. The van der Waals surface area contributed by atoms with Gasteiger partial charge in [-0.05, 0) is 25.5 Å². The lowest BCUT2D eigenvalue weighted by molar-refractivity contribution is 0.163. The second-order valence-electron chi connectivity index (χ2n) is 2.85. The molecule has 13 heavy (non-hydrogen) atoms. The van der Waals surface area contributed by atoms with Crippen molar-refractivity contribution in [3.05, 3.63) is 29.3 Å². The van der Waals surface area contributed by atoms with Gasteiger partial charge in [0.15, 0.2) is 0 Å². The molecular formula is C9H12N2O2. The number of carbonyl (C=O) groups excluding carboxylic acids is 1. The number of nitrogens with one attached hydrogen (secondary N) is 1. The highest BCUT2D eigenvalue weighted by Gasteiger charge is 2.03. The normalized spacial score (nSPS) is 9.46. The summed E-state index contributed by atoms with van der Waals surface area (Å²) in [6.07, 6.45) is -0.660. The molecule has 0 fully saturated rings. The second-order valence-corrected chi connectivity index (χ2v) is 2.85. The van der Waals surface area contributed by atoms with E-state index < -0.39 is 6.09 Å². The quantitative estimate of drug-likeness (QED) is 0.647. The highest BCUT2D eigenvalue weighted by atomic mass is 16.7. The Morgan fingerprint density at radius 2 is 2.15 bits per heavy atom. The molecule has 0 spiro atoms. The predicted octanol–water partition coefficient (Wildman–Crippen LogP) is 1.73. The summed E-state index contributed by atoms with van der Waals surface area (Å²) < 4.78 is 0. The standard InChI is InChI=1S/C9H12N2O2/c1-6-3-4-8(7(2)5-6)11-9(12)13-10/h3-5H,10H2,1-2H3,(H,11,12). The van der Waals surface area contributed by atoms with Crippen molar-refractivity contribution >= 4 is 11.8 Å². The van der Waals surface area contributed by atoms with Gasteiger partial charge in [0, 0.05) is 5.69 Å². The van der Waals surface area contributed by atoms with Crippen LogP contribution in [0.15, 0.2) is 18.2 Å². The molecule has 0 aliphatic rings. The second kappa shape index (κ2) is 3.91. The molecule has 0 aliphatic heterocycles. The first-order chi connectivity index (χ1) is 6.13. The minimum Gasteiger partial charge on any atom is -0.357 e. The molecule has 1 rings (SSSR count). The van der Waals surface area contributed by atoms with Crippen LogP contribution in [0.3, 0.4) is 0 Å². The number of benzene rings is 1. The zero-order valence-corrected chi connectivity index (χ0v) is 7.63. The SMILES string of the molecule is Cc1ccc(NC(=O)ON)c(C)c1. The van der Waals surface area contributed by atoms with Crippen molar-refractivity contribution in [1.82, 2.24) is 0 Å². The predicted molar refractivity (Wildman–Crippen MR) is 50.2 cm³/mol. The Balaban J connectivity index is 2.83. The molecule has 70 valence electrons. The third-order valence-electron chi connectivity index (χ3n) is 1.73. The molecule has 3 N–H and O–H groups in total. The van der Waals surface area contributed by atoms with E-state index in [2.05, 4.69) is 16.1 Å². The monoisotopic (exact) mass is 180 g/mol. The van der Waals surface area contributed by atoms with Crippen LogP contribution < -0.4 is 11.2 Å². The van der Waals surface area contributed by atoms with Crippen molar-refractivity contribution in [1.29, 1.82) is 0 Å². The van der Waals surface area contributed by atoms with Gasteiger partial charge in [0.05, 0.1) is 0 Å². The first kappa shape index (κ1) is 9.54. The van der Waals surface area contributed by atoms with Gasteiger partial charge in [-0.1, -0.05) is 17.7 Å². The van der Waals surface area contributed by atoms with E-state index in [1.807, 2.05) is 32.0 Å². The number of amides is 1. The lowest BCUT2D eigenvalue weighted by Gasteiger charge is -2.06. The van der Waals surface area contributed by atoms with Crippen LogP contribution in [-0.2, 0) is 4.84 Å². The highest BCUT2D eigenvalue weighted by molar-refractivity contribution is 5.85. The summed E-state index contributed by atoms with van der Waals surface area (Å²) in [4.78, 5) is 14.7. The van der Waals surface area contributed by atoms with Crippen LogP contribution in [-0.4, -0.2) is 6.09 Å². The lowest BCUT2D eigenvalue weighted by Crippen LogP contribution is -2.17. The Morgan fingerprint density at radius 3 is 2.69 bits per heavy atom. The number of rotatable bonds is 1. The third-order valence-corrected chi connectivity index (χ3v) is 1.73. The lowest BCUT2D eigenvalue weighted by atomic mass is 10.1. The highest BCUT2D eigenvalue weighted by Crippen LogP contribution is 2.15. The first-order valence-electron chi connectivity index (χ1n) is 3.88. The van der Waals surface area contributed by atoms with Gasteiger partial charge in [0.25, 0.3) is 0 Å². The van der Waals surface area contributed by atoms with Crippen molar-refractivity contribution in [2.24, 2.45) is 5.90 Å². The number of nitrogens with two attached hydrogens (primary N) is 1. The number of hydrogen-bond donors (Lipinski definition) is 2. The number of carbonyl (C=O) groups is 1. The fourth-order valence-corrected chi connectivity index (χ4v) is 1.09. The van der Waals surface area contributed by atoms with E-state index in [1.165, 1.54) is 0 Å². The Morgan fingerprint density at radius 1 is 1.46 bits per heavy atom. The summed E-state index contributed by atoms with van der Waals surface area (Å²) >= 11 is 0. The van der Waals surface area contributed by atoms with Gasteiger partial charge in [-0.3, -0.25) is 5.32 Å². The maximum absolute atomic E-state index is 10.8. The maximum atomic E-state index is 10.8. The van der Waals surface area contributed by atoms with Crippen molar-refractivity contribution in [3.63, 3.8) is 0 Å². The van der Waals surface area contributed by atoms with Gasteiger partial charge < -0.3 is 4.84 Å². The zero-order valence-electron chi connectivity index (χ0n) is 7.63. The van der Waals surface area contributed by atoms with E-state index >= 15 is 0 Å². The average molecular weight is 180 g/mol. The van der Waals surface area contributed by atoms with Crippen molar-refractivity contribution < 1.29 is 9.63 Å². The largest absolute Gasteiger partial charge is 0.430 e. The number of aryl methyl sites for hydroxylation is 2. The summed E-state index contributed by atoms with van der Waals surface area (Å²) in [6, 6.07) is 5.67. The van der Waals surface area contributed by atoms with E-state index in [0.29, 0.717) is 5.69 Å². The van der Waals surface area contributed by atoms with Crippen molar-refractivity contribution in [3.8, 4) is 0 Å². The fraction of sp³-hybridized carbons (Fsp3) is 0.222. The van der Waals surface area contributed by atoms with Crippen LogP contribution in [0, 0.1) is 13.8 Å². The van der Waals surface area contributed by atoms with Gasteiger partial charge in [0.1, 0.15) is 0 Å². The molecule has 0 aliphatic carbocycles. The number of anilines is 1. The van der Waals surface area contributed by atoms with Crippen LogP contribution in [0.5, 0.6) is 0 Å². The minimum atomic E-state index is -0.660. The van der Waals surface area contributed by atoms with Crippen LogP contribution in [0.1, 0.15) is 11.1 Å². The molecule has 0 bridgehead atoms. The fourth-order valence-electron chi connectivity index (χ4n) is 1.09. The summed E-state index contributed by atoms with van der Waals surface area (Å²) in [5.41, 5.74) is 2.83. The summed E-state index contributed by atoms with van der Waals surface area (Å²) in [7, 11) is 0. The summed E-state index contributed by atoms with van der Waals surface area (Å²) in [5.74, 6) is 4.69. The Bertz CT molecular complexity index is 323. The molecule has 0 radical (unpaired) electrons. The van der Waals surface area contributed by atoms with E-state index in [-0.39, 0.29) is 0 Å². The van der Waals surface area contributed by atoms with Crippen LogP contribution >= 0.6 is 0 Å². The van der Waals surface area contributed by atoms with Gasteiger partial charge >= 0.3 is 6.09 Å². The molecule has 0 atom stereocenters. The Labute approximate surface area is 76.6 Å². The summed E-state index contributed by atoms with van der Waals surface area (Å²) in [6.45, 7) is 3.89. The molecule has 0 heterocycles. The number of hydrogen-bond acceptors (Lipinski definition) is 3. The molecule has 4 nitrogen and oxygen atoms in total. The molecular weight excluding hydrogens is 168 g/mol. The molecule has 4 heteroatoms. The molecule has 1 aromatic rings. The molecule has 1 amide bonds. The Hall–Kier alpha value is -1.55. The van der Waals surface area contributed by atoms with E-state index in [9.17, 15) is 4.79 Å². The molecule has 1 aromatic carbocycles. The van der Waals surface area contributed by atoms with Crippen LogP contribution in [0.4, 0.5) is 10.5 Å². The molecule has 0 saturated heterocycles. The van der Waals surface area contributed by atoms with Gasteiger partial charge in [-0.25, -0.2) is 4.79 Å². The van der Waals surface area contributed by atoms with Crippen LogP contribution in [0.25, 0.3) is 0 Å². The topological polar surface area (TPSA) is 64.3 Å². The smallest absolute Gasteiger partial charge is 0.357 e. The molecule has 0 saturated carbocycles. The third kappa shape index (κ3) is 2.45.